The number of nitrogens with one attached hydrogen (secondary N) is 1. The lowest BCUT2D eigenvalue weighted by Crippen LogP contribution is -2.22. The number of nitrogens with zero attached hydrogens (tertiary/aromatic N) is 4. The molecule has 2 rings (SSSR count). The minimum absolute atomic E-state index is 0.0268. The fraction of sp³-hybridized carbons (Fsp3) is 0.333. The molecule has 2 heterocycles. The van der Waals surface area contributed by atoms with Crippen molar-refractivity contribution in [3.05, 3.63) is 28.6 Å². The van der Waals surface area contributed by atoms with Gasteiger partial charge in [0.25, 0.3) is 0 Å². The van der Waals surface area contributed by atoms with E-state index in [9.17, 15) is 9.59 Å². The summed E-state index contributed by atoms with van der Waals surface area (Å²) in [6.45, 7) is 1.99. The number of amides is 1. The van der Waals surface area contributed by atoms with Crippen molar-refractivity contribution in [1.82, 2.24) is 19.6 Å². The first-order chi connectivity index (χ1) is 10.0. The Bertz CT molecular complexity index is 664. The molecule has 1 N–H and O–H groups in total. The smallest absolute Gasteiger partial charge is 0.343 e. The lowest BCUT2D eigenvalue weighted by atomic mass is 10.3. The molecular weight excluding hydrogens is 342 g/mol. The number of ether oxygens (including phenoxy) is 1. The van der Waals surface area contributed by atoms with Crippen LogP contribution in [0.3, 0.4) is 0 Å². The molecule has 0 aromatic carbocycles. The number of anilines is 1. The summed E-state index contributed by atoms with van der Waals surface area (Å²) < 4.78 is 8.58. The largest absolute Gasteiger partial charge is 0.462 e. The van der Waals surface area contributed by atoms with Crippen LogP contribution in [0.4, 0.5) is 5.82 Å². The molecule has 0 saturated carbocycles. The van der Waals surface area contributed by atoms with Crippen molar-refractivity contribution in [3.8, 4) is 0 Å². The Morgan fingerprint density at radius 2 is 2.14 bits per heavy atom. The molecule has 0 saturated heterocycles. The van der Waals surface area contributed by atoms with E-state index in [1.54, 1.807) is 26.4 Å². The number of aromatic nitrogens is 4. The molecule has 1 amide bonds. The molecule has 8 nitrogen and oxygen atoms in total. The van der Waals surface area contributed by atoms with Gasteiger partial charge >= 0.3 is 5.97 Å². The molecule has 0 aliphatic carbocycles. The van der Waals surface area contributed by atoms with Crippen LogP contribution in [-0.2, 0) is 23.1 Å². The number of hydrogen-bond acceptors (Lipinski definition) is 5. The van der Waals surface area contributed by atoms with Gasteiger partial charge in [0.15, 0.2) is 0 Å². The van der Waals surface area contributed by atoms with Crippen molar-refractivity contribution < 1.29 is 14.3 Å². The topological polar surface area (TPSA) is 91.0 Å². The van der Waals surface area contributed by atoms with Crippen LogP contribution in [0.5, 0.6) is 0 Å². The van der Waals surface area contributed by atoms with Gasteiger partial charge in [0.2, 0.25) is 5.91 Å². The molecule has 9 heteroatoms. The molecule has 0 atom stereocenters. The summed E-state index contributed by atoms with van der Waals surface area (Å²) in [5.74, 6) is -0.549. The zero-order chi connectivity index (χ0) is 15.4. The van der Waals surface area contributed by atoms with E-state index in [0.717, 1.165) is 4.47 Å². The normalized spacial score (nSPS) is 10.4. The van der Waals surface area contributed by atoms with Gasteiger partial charge in [-0.2, -0.15) is 10.2 Å². The molecule has 21 heavy (non-hydrogen) atoms. The summed E-state index contributed by atoms with van der Waals surface area (Å²) in [5, 5.41) is 10.6. The van der Waals surface area contributed by atoms with Crippen LogP contribution in [-0.4, -0.2) is 38.0 Å². The Morgan fingerprint density at radius 1 is 1.38 bits per heavy atom. The van der Waals surface area contributed by atoms with Crippen molar-refractivity contribution in [1.29, 1.82) is 0 Å². The molecule has 0 fully saturated rings. The first-order valence-corrected chi connectivity index (χ1v) is 6.97. The Kier molecular flexibility index (Phi) is 4.73. The molecule has 2 aromatic rings. The third-order valence-electron chi connectivity index (χ3n) is 2.60. The van der Waals surface area contributed by atoms with E-state index in [0.29, 0.717) is 5.82 Å². The Hall–Kier alpha value is -2.16. The quantitative estimate of drug-likeness (QED) is 0.813. The van der Waals surface area contributed by atoms with Gasteiger partial charge in [-0.15, -0.1) is 0 Å². The zero-order valence-electron chi connectivity index (χ0n) is 11.5. The molecule has 0 aliphatic rings. The maximum atomic E-state index is 12.0. The fourth-order valence-electron chi connectivity index (χ4n) is 1.69. The number of halogens is 1. The Balaban J connectivity index is 2.10. The van der Waals surface area contributed by atoms with Crippen molar-refractivity contribution in [2.24, 2.45) is 7.05 Å². The molecule has 0 spiro atoms. The number of rotatable bonds is 5. The second-order valence-corrected chi connectivity index (χ2v) is 5.07. The van der Waals surface area contributed by atoms with Gasteiger partial charge in [0.05, 0.1) is 23.5 Å². The van der Waals surface area contributed by atoms with Gasteiger partial charge < -0.3 is 10.1 Å². The maximum Gasteiger partial charge on any atom is 0.343 e. The number of aryl methyl sites for hydroxylation is 1. The Labute approximate surface area is 129 Å². The molecule has 0 unspecified atom stereocenters. The minimum Gasteiger partial charge on any atom is -0.462 e. The lowest BCUT2D eigenvalue weighted by molar-refractivity contribution is -0.116. The van der Waals surface area contributed by atoms with E-state index in [1.165, 1.54) is 15.6 Å². The molecule has 2 aromatic heterocycles. The molecule has 0 radical (unpaired) electrons. The van der Waals surface area contributed by atoms with Crippen LogP contribution in [0.2, 0.25) is 0 Å². The van der Waals surface area contributed by atoms with Crippen molar-refractivity contribution >= 4 is 33.6 Å². The summed E-state index contributed by atoms with van der Waals surface area (Å²) in [5.41, 5.74) is 0.217. The average molecular weight is 356 g/mol. The van der Waals surface area contributed by atoms with Gasteiger partial charge in [-0.1, -0.05) is 0 Å². The summed E-state index contributed by atoms with van der Waals surface area (Å²) in [6, 6.07) is 0. The van der Waals surface area contributed by atoms with E-state index in [-0.39, 0.29) is 24.6 Å². The van der Waals surface area contributed by atoms with E-state index in [4.69, 9.17) is 4.74 Å². The van der Waals surface area contributed by atoms with E-state index >= 15 is 0 Å². The number of hydrogen-bond donors (Lipinski definition) is 1. The summed E-state index contributed by atoms with van der Waals surface area (Å²) >= 11 is 3.25. The second kappa shape index (κ2) is 6.53. The molecular formula is C12H14BrN5O3. The fourth-order valence-corrected chi connectivity index (χ4v) is 2.02. The predicted octanol–water partition coefficient (Wildman–Crippen LogP) is 1.19. The van der Waals surface area contributed by atoms with Gasteiger partial charge in [-0.25, -0.2) is 4.79 Å². The van der Waals surface area contributed by atoms with Crippen molar-refractivity contribution in [2.75, 3.05) is 11.9 Å². The number of esters is 1. The van der Waals surface area contributed by atoms with Crippen molar-refractivity contribution in [2.45, 2.75) is 13.5 Å². The highest BCUT2D eigenvalue weighted by atomic mass is 79.9. The standard InChI is InChI=1S/C12H14BrN5O3/c1-3-21-12(20)9-5-14-17(2)11(9)16-10(19)7-18-6-8(13)4-15-18/h4-6H,3,7H2,1-2H3,(H,16,19). The first-order valence-electron chi connectivity index (χ1n) is 6.18. The third kappa shape index (κ3) is 3.69. The van der Waals surface area contributed by atoms with Crippen LogP contribution in [0, 0.1) is 0 Å². The maximum absolute atomic E-state index is 12.0. The average Bonchev–Trinajstić information content (AvgIpc) is 2.97. The van der Waals surface area contributed by atoms with Gasteiger partial charge in [-0.3, -0.25) is 14.2 Å². The highest BCUT2D eigenvalue weighted by molar-refractivity contribution is 9.10. The molecule has 0 bridgehead atoms. The molecule has 112 valence electrons. The van der Waals surface area contributed by atoms with E-state index < -0.39 is 5.97 Å². The molecule has 0 aliphatic heterocycles. The van der Waals surface area contributed by atoms with Gasteiger partial charge in [0.1, 0.15) is 17.9 Å². The highest BCUT2D eigenvalue weighted by Crippen LogP contribution is 2.15. The minimum atomic E-state index is -0.525. The van der Waals surface area contributed by atoms with Gasteiger partial charge in [-0.05, 0) is 22.9 Å². The lowest BCUT2D eigenvalue weighted by Gasteiger charge is -2.08. The number of carbonyl (C=O) groups excluding carboxylic acids is 2. The van der Waals surface area contributed by atoms with Crippen LogP contribution < -0.4 is 5.32 Å². The number of carbonyl (C=O) groups is 2. The predicted molar refractivity (Wildman–Crippen MR) is 77.7 cm³/mol. The van der Waals surface area contributed by atoms with E-state index in [2.05, 4.69) is 31.4 Å². The van der Waals surface area contributed by atoms with Crippen LogP contribution in [0.25, 0.3) is 0 Å². The monoisotopic (exact) mass is 355 g/mol. The summed E-state index contributed by atoms with van der Waals surface area (Å²) in [4.78, 5) is 23.8. The van der Waals surface area contributed by atoms with E-state index in [1.807, 2.05) is 0 Å². The Morgan fingerprint density at radius 3 is 2.76 bits per heavy atom. The van der Waals surface area contributed by atoms with Crippen LogP contribution >= 0.6 is 15.9 Å². The van der Waals surface area contributed by atoms with Crippen LogP contribution in [0.15, 0.2) is 23.1 Å². The highest BCUT2D eigenvalue weighted by Gasteiger charge is 2.19. The zero-order valence-corrected chi connectivity index (χ0v) is 13.1. The van der Waals surface area contributed by atoms with Gasteiger partial charge in [0, 0.05) is 13.2 Å². The summed E-state index contributed by atoms with van der Waals surface area (Å²) in [7, 11) is 1.63. The first kappa shape index (κ1) is 15.2. The third-order valence-corrected chi connectivity index (χ3v) is 3.01. The van der Waals surface area contributed by atoms with Crippen molar-refractivity contribution in [3.63, 3.8) is 0 Å². The SMILES string of the molecule is CCOC(=O)c1cnn(C)c1NC(=O)Cn1cc(Br)cn1. The van der Waals surface area contributed by atoms with Crippen LogP contribution in [0.1, 0.15) is 17.3 Å². The second-order valence-electron chi connectivity index (χ2n) is 4.16. The summed E-state index contributed by atoms with van der Waals surface area (Å²) in [6.07, 6.45) is 4.62.